The average molecular weight is 259 g/mol. The molecule has 0 radical (unpaired) electrons. The zero-order valence-corrected chi connectivity index (χ0v) is 12.1. The summed E-state index contributed by atoms with van der Waals surface area (Å²) in [5, 5.41) is 0. The molecule has 5 nitrogen and oxygen atoms in total. The van der Waals surface area contributed by atoms with Crippen LogP contribution in [0.25, 0.3) is 0 Å². The number of ether oxygens (including phenoxy) is 2. The number of esters is 1. The first-order valence-electron chi connectivity index (χ1n) is 6.59. The molecule has 0 aliphatic rings. The Morgan fingerprint density at radius 2 is 1.67 bits per heavy atom. The van der Waals surface area contributed by atoms with Gasteiger partial charge in [-0.2, -0.15) is 0 Å². The van der Waals surface area contributed by atoms with Gasteiger partial charge in [0.15, 0.2) is 0 Å². The average Bonchev–Trinajstić information content (AvgIpc) is 2.36. The number of hydrogen-bond donors (Lipinski definition) is 0. The molecule has 0 aliphatic carbocycles. The summed E-state index contributed by atoms with van der Waals surface area (Å²) in [6.45, 7) is 10.7. The Bertz CT molecular complexity index is 264. The van der Waals surface area contributed by atoms with Crippen LogP contribution < -0.4 is 0 Å². The van der Waals surface area contributed by atoms with Crippen molar-refractivity contribution in [2.24, 2.45) is 5.92 Å². The highest BCUT2D eigenvalue weighted by atomic mass is 16.6. The fourth-order valence-corrected chi connectivity index (χ4v) is 1.34. The van der Waals surface area contributed by atoms with Gasteiger partial charge in [0.1, 0.15) is 6.10 Å². The molecule has 2 unspecified atom stereocenters. The monoisotopic (exact) mass is 259 g/mol. The summed E-state index contributed by atoms with van der Waals surface area (Å²) in [5.74, 6) is -0.771. The summed E-state index contributed by atoms with van der Waals surface area (Å²) in [6.07, 6.45) is -0.0865. The lowest BCUT2D eigenvalue weighted by Crippen LogP contribution is -2.37. The standard InChI is InChI=1S/C13H25NO4/c1-6-9-17-12(15)10(4)11(5)18-13(16)14(7-2)8-3/h10-11H,6-9H2,1-5H3. The summed E-state index contributed by atoms with van der Waals surface area (Å²) in [7, 11) is 0. The first-order valence-corrected chi connectivity index (χ1v) is 6.59. The number of amides is 1. The van der Waals surface area contributed by atoms with Gasteiger partial charge >= 0.3 is 12.1 Å². The molecule has 0 aromatic heterocycles. The molecule has 5 heteroatoms. The van der Waals surface area contributed by atoms with E-state index in [1.165, 1.54) is 0 Å². The number of carbonyl (C=O) groups is 2. The van der Waals surface area contributed by atoms with E-state index in [1.54, 1.807) is 18.7 Å². The fraction of sp³-hybridized carbons (Fsp3) is 0.846. The maximum Gasteiger partial charge on any atom is 0.410 e. The van der Waals surface area contributed by atoms with Crippen LogP contribution in [0.5, 0.6) is 0 Å². The Kier molecular flexibility index (Phi) is 8.16. The molecule has 0 saturated heterocycles. The molecule has 18 heavy (non-hydrogen) atoms. The summed E-state index contributed by atoms with van der Waals surface area (Å²) >= 11 is 0. The van der Waals surface area contributed by atoms with Gasteiger partial charge in [-0.3, -0.25) is 4.79 Å². The van der Waals surface area contributed by atoms with Gasteiger partial charge in [0.2, 0.25) is 0 Å². The first kappa shape index (κ1) is 16.7. The second-order valence-corrected chi connectivity index (χ2v) is 4.22. The highest BCUT2D eigenvalue weighted by Gasteiger charge is 2.26. The van der Waals surface area contributed by atoms with Crippen molar-refractivity contribution >= 4 is 12.1 Å². The number of carbonyl (C=O) groups excluding carboxylic acids is 2. The number of hydrogen-bond acceptors (Lipinski definition) is 4. The zero-order valence-electron chi connectivity index (χ0n) is 12.1. The predicted molar refractivity (Wildman–Crippen MR) is 69.3 cm³/mol. The Morgan fingerprint density at radius 3 is 2.11 bits per heavy atom. The number of nitrogens with zero attached hydrogens (tertiary/aromatic N) is 1. The molecule has 0 aromatic carbocycles. The summed E-state index contributed by atoms with van der Waals surface area (Å²) in [6, 6.07) is 0. The van der Waals surface area contributed by atoms with Crippen LogP contribution in [-0.4, -0.2) is 42.8 Å². The van der Waals surface area contributed by atoms with E-state index in [2.05, 4.69) is 0 Å². The maximum atomic E-state index is 11.7. The van der Waals surface area contributed by atoms with E-state index in [0.29, 0.717) is 19.7 Å². The number of rotatable bonds is 7. The predicted octanol–water partition coefficient (Wildman–Crippen LogP) is 2.44. The largest absolute Gasteiger partial charge is 0.465 e. The molecule has 0 fully saturated rings. The minimum absolute atomic E-state index is 0.323. The summed E-state index contributed by atoms with van der Waals surface area (Å²) in [4.78, 5) is 24.9. The highest BCUT2D eigenvalue weighted by molar-refractivity contribution is 5.74. The van der Waals surface area contributed by atoms with Gasteiger partial charge in [-0.1, -0.05) is 6.92 Å². The lowest BCUT2D eigenvalue weighted by molar-refractivity contribution is -0.151. The van der Waals surface area contributed by atoms with Gasteiger partial charge in [-0.25, -0.2) is 4.79 Å². The van der Waals surface area contributed by atoms with Crippen molar-refractivity contribution in [3.63, 3.8) is 0 Å². The van der Waals surface area contributed by atoms with Gasteiger partial charge in [0, 0.05) is 13.1 Å². The van der Waals surface area contributed by atoms with Crippen molar-refractivity contribution in [2.75, 3.05) is 19.7 Å². The molecule has 0 N–H and O–H groups in total. The lowest BCUT2D eigenvalue weighted by atomic mass is 10.1. The molecular weight excluding hydrogens is 234 g/mol. The smallest absolute Gasteiger partial charge is 0.410 e. The van der Waals surface area contributed by atoms with Crippen LogP contribution in [0.15, 0.2) is 0 Å². The topological polar surface area (TPSA) is 55.8 Å². The zero-order chi connectivity index (χ0) is 14.1. The van der Waals surface area contributed by atoms with Crippen molar-refractivity contribution in [3.8, 4) is 0 Å². The first-order chi connectivity index (χ1) is 8.47. The third-order valence-corrected chi connectivity index (χ3v) is 2.83. The third kappa shape index (κ3) is 5.38. The Labute approximate surface area is 109 Å². The van der Waals surface area contributed by atoms with Crippen molar-refractivity contribution in [1.29, 1.82) is 0 Å². The fourth-order valence-electron chi connectivity index (χ4n) is 1.34. The van der Waals surface area contributed by atoms with Crippen LogP contribution in [0.4, 0.5) is 4.79 Å². The van der Waals surface area contributed by atoms with Gasteiger partial charge in [0.05, 0.1) is 12.5 Å². The quantitative estimate of drug-likeness (QED) is 0.659. The van der Waals surface area contributed by atoms with E-state index >= 15 is 0 Å². The molecule has 0 spiro atoms. The van der Waals surface area contributed by atoms with Crippen LogP contribution in [-0.2, 0) is 14.3 Å². The minimum atomic E-state index is -0.484. The summed E-state index contributed by atoms with van der Waals surface area (Å²) < 4.78 is 10.3. The third-order valence-electron chi connectivity index (χ3n) is 2.83. The molecule has 0 saturated carbocycles. The normalized spacial score (nSPS) is 13.6. The summed E-state index contributed by atoms with van der Waals surface area (Å²) in [5.41, 5.74) is 0. The van der Waals surface area contributed by atoms with Crippen LogP contribution >= 0.6 is 0 Å². The Balaban J connectivity index is 4.25. The molecule has 0 aromatic rings. The highest BCUT2D eigenvalue weighted by Crippen LogP contribution is 2.11. The second-order valence-electron chi connectivity index (χ2n) is 4.22. The Morgan fingerprint density at radius 1 is 1.11 bits per heavy atom. The van der Waals surface area contributed by atoms with Crippen LogP contribution in [0.2, 0.25) is 0 Å². The van der Waals surface area contributed by atoms with Crippen molar-refractivity contribution in [2.45, 2.75) is 47.1 Å². The molecule has 1 amide bonds. The molecule has 0 bridgehead atoms. The molecular formula is C13H25NO4. The van der Waals surface area contributed by atoms with Gasteiger partial charge < -0.3 is 14.4 Å². The van der Waals surface area contributed by atoms with E-state index in [1.807, 2.05) is 20.8 Å². The minimum Gasteiger partial charge on any atom is -0.465 e. The van der Waals surface area contributed by atoms with Crippen LogP contribution in [0.1, 0.15) is 41.0 Å². The van der Waals surface area contributed by atoms with E-state index in [-0.39, 0.29) is 12.1 Å². The van der Waals surface area contributed by atoms with Gasteiger partial charge in [0.25, 0.3) is 0 Å². The molecule has 106 valence electrons. The molecule has 0 heterocycles. The Hall–Kier alpha value is -1.26. The molecule has 2 atom stereocenters. The second kappa shape index (κ2) is 8.78. The molecule has 0 aliphatic heterocycles. The van der Waals surface area contributed by atoms with Crippen LogP contribution in [0, 0.1) is 5.92 Å². The van der Waals surface area contributed by atoms with Crippen molar-refractivity contribution < 1.29 is 19.1 Å². The van der Waals surface area contributed by atoms with E-state index < -0.39 is 12.0 Å². The van der Waals surface area contributed by atoms with Crippen molar-refractivity contribution in [1.82, 2.24) is 4.90 Å². The van der Waals surface area contributed by atoms with Crippen molar-refractivity contribution in [3.05, 3.63) is 0 Å². The van der Waals surface area contributed by atoms with Gasteiger partial charge in [-0.15, -0.1) is 0 Å². The lowest BCUT2D eigenvalue weighted by Gasteiger charge is -2.24. The van der Waals surface area contributed by atoms with E-state index in [9.17, 15) is 9.59 Å². The van der Waals surface area contributed by atoms with Crippen LogP contribution in [0.3, 0.4) is 0 Å². The maximum absolute atomic E-state index is 11.7. The SMILES string of the molecule is CCCOC(=O)C(C)C(C)OC(=O)N(CC)CC. The van der Waals surface area contributed by atoms with Gasteiger partial charge in [-0.05, 0) is 34.1 Å². The van der Waals surface area contributed by atoms with E-state index in [4.69, 9.17) is 9.47 Å². The molecule has 0 rings (SSSR count). The van der Waals surface area contributed by atoms with E-state index in [0.717, 1.165) is 6.42 Å².